The number of thiophene rings is 1. The number of aromatic nitrogens is 3. The number of alkyl halides is 1. The standard InChI is InChI=1S/C11H10ClN3S/c12-6-3-7-15-10-8-4-1-2-5-9(8)16-11(10)13-14-15/h1-2,4-5H,3,6-7H2. The summed E-state index contributed by atoms with van der Waals surface area (Å²) >= 11 is 7.39. The Morgan fingerprint density at radius 1 is 1.31 bits per heavy atom. The van der Waals surface area contributed by atoms with E-state index in [-0.39, 0.29) is 0 Å². The average Bonchev–Trinajstić information content (AvgIpc) is 2.85. The lowest BCUT2D eigenvalue weighted by molar-refractivity contribution is 0.599. The topological polar surface area (TPSA) is 30.7 Å². The van der Waals surface area contributed by atoms with Gasteiger partial charge < -0.3 is 0 Å². The largest absolute Gasteiger partial charge is 0.243 e. The van der Waals surface area contributed by atoms with Crippen LogP contribution in [0.5, 0.6) is 0 Å². The highest BCUT2D eigenvalue weighted by Gasteiger charge is 2.11. The van der Waals surface area contributed by atoms with Crippen LogP contribution in [0.2, 0.25) is 0 Å². The van der Waals surface area contributed by atoms with Crippen molar-refractivity contribution in [3.05, 3.63) is 24.3 Å². The number of halogens is 1. The molecule has 0 spiro atoms. The first-order valence-corrected chi connectivity index (χ1v) is 6.52. The summed E-state index contributed by atoms with van der Waals surface area (Å²) in [7, 11) is 0. The molecule has 0 radical (unpaired) electrons. The Labute approximate surface area is 102 Å². The average molecular weight is 252 g/mol. The number of nitrogens with zero attached hydrogens (tertiary/aromatic N) is 3. The predicted octanol–water partition coefficient (Wildman–Crippen LogP) is 3.27. The number of hydrogen-bond acceptors (Lipinski definition) is 3. The zero-order chi connectivity index (χ0) is 11.0. The molecule has 1 aromatic carbocycles. The molecule has 0 saturated heterocycles. The van der Waals surface area contributed by atoms with Crippen LogP contribution in [0.4, 0.5) is 0 Å². The summed E-state index contributed by atoms with van der Waals surface area (Å²) < 4.78 is 3.22. The van der Waals surface area contributed by atoms with E-state index >= 15 is 0 Å². The van der Waals surface area contributed by atoms with E-state index in [4.69, 9.17) is 11.6 Å². The molecule has 0 bridgehead atoms. The van der Waals surface area contributed by atoms with Crippen molar-refractivity contribution in [3.8, 4) is 0 Å². The van der Waals surface area contributed by atoms with E-state index in [1.165, 1.54) is 10.1 Å². The van der Waals surface area contributed by atoms with Gasteiger partial charge in [0.05, 0.1) is 0 Å². The van der Waals surface area contributed by atoms with Gasteiger partial charge in [0.1, 0.15) is 5.52 Å². The third-order valence-electron chi connectivity index (χ3n) is 2.56. The number of aryl methyl sites for hydroxylation is 1. The normalized spacial score (nSPS) is 11.6. The number of fused-ring (bicyclic) bond motifs is 3. The Hall–Kier alpha value is -1.13. The van der Waals surface area contributed by atoms with Crippen molar-refractivity contribution in [2.75, 3.05) is 5.88 Å². The van der Waals surface area contributed by atoms with Crippen LogP contribution in [0.15, 0.2) is 24.3 Å². The zero-order valence-corrected chi connectivity index (χ0v) is 10.1. The quantitative estimate of drug-likeness (QED) is 0.669. The fraction of sp³-hybridized carbons (Fsp3) is 0.273. The predicted molar refractivity (Wildman–Crippen MR) is 68.2 cm³/mol. The van der Waals surface area contributed by atoms with Gasteiger partial charge >= 0.3 is 0 Å². The highest BCUT2D eigenvalue weighted by Crippen LogP contribution is 2.31. The van der Waals surface area contributed by atoms with Crippen LogP contribution >= 0.6 is 22.9 Å². The molecule has 0 N–H and O–H groups in total. The smallest absolute Gasteiger partial charge is 0.167 e. The molecule has 0 atom stereocenters. The van der Waals surface area contributed by atoms with Gasteiger partial charge in [-0.25, -0.2) is 4.68 Å². The number of rotatable bonds is 3. The van der Waals surface area contributed by atoms with Crippen LogP contribution in [0.1, 0.15) is 6.42 Å². The zero-order valence-electron chi connectivity index (χ0n) is 8.56. The van der Waals surface area contributed by atoms with Crippen LogP contribution < -0.4 is 0 Å². The number of hydrogen-bond donors (Lipinski definition) is 0. The van der Waals surface area contributed by atoms with Gasteiger partial charge in [-0.15, -0.1) is 28.0 Å². The van der Waals surface area contributed by atoms with Crippen LogP contribution in [0.25, 0.3) is 20.4 Å². The highest BCUT2D eigenvalue weighted by molar-refractivity contribution is 7.25. The molecule has 0 unspecified atom stereocenters. The Bertz CT molecular complexity index is 628. The lowest BCUT2D eigenvalue weighted by atomic mass is 10.2. The summed E-state index contributed by atoms with van der Waals surface area (Å²) in [6, 6.07) is 8.34. The van der Waals surface area contributed by atoms with Gasteiger partial charge in [-0.3, -0.25) is 0 Å². The molecule has 2 aromatic heterocycles. The molecule has 0 saturated carbocycles. The second kappa shape index (κ2) is 4.03. The van der Waals surface area contributed by atoms with Crippen molar-refractivity contribution in [1.82, 2.24) is 15.0 Å². The van der Waals surface area contributed by atoms with Crippen molar-refractivity contribution in [2.45, 2.75) is 13.0 Å². The Morgan fingerprint density at radius 2 is 2.19 bits per heavy atom. The molecule has 0 amide bonds. The SMILES string of the molecule is ClCCCn1nnc2sc3ccccc3c21. The van der Waals surface area contributed by atoms with Crippen molar-refractivity contribution in [1.29, 1.82) is 0 Å². The molecule has 0 fully saturated rings. The van der Waals surface area contributed by atoms with E-state index < -0.39 is 0 Å². The van der Waals surface area contributed by atoms with Gasteiger partial charge in [0.15, 0.2) is 4.83 Å². The molecular weight excluding hydrogens is 242 g/mol. The molecule has 3 aromatic rings. The monoisotopic (exact) mass is 251 g/mol. The molecule has 5 heteroatoms. The van der Waals surface area contributed by atoms with Gasteiger partial charge in [-0.05, 0) is 12.5 Å². The van der Waals surface area contributed by atoms with Crippen LogP contribution in [0, 0.1) is 0 Å². The van der Waals surface area contributed by atoms with E-state index in [2.05, 4.69) is 22.4 Å². The van der Waals surface area contributed by atoms with Crippen LogP contribution in [-0.2, 0) is 6.54 Å². The number of benzene rings is 1. The molecule has 82 valence electrons. The van der Waals surface area contributed by atoms with Crippen LogP contribution in [-0.4, -0.2) is 20.9 Å². The molecule has 0 aliphatic rings. The lowest BCUT2D eigenvalue weighted by Gasteiger charge is -1.98. The molecule has 3 nitrogen and oxygen atoms in total. The summed E-state index contributed by atoms with van der Waals surface area (Å²) in [6.45, 7) is 0.834. The third-order valence-corrected chi connectivity index (χ3v) is 3.87. The van der Waals surface area contributed by atoms with E-state index in [1.54, 1.807) is 11.3 Å². The third kappa shape index (κ3) is 1.49. The summed E-state index contributed by atoms with van der Waals surface area (Å²) in [6.07, 6.45) is 0.921. The van der Waals surface area contributed by atoms with E-state index in [0.717, 1.165) is 23.3 Å². The Kier molecular flexibility index (Phi) is 2.53. The van der Waals surface area contributed by atoms with E-state index in [9.17, 15) is 0 Å². The minimum atomic E-state index is 0.656. The summed E-state index contributed by atoms with van der Waals surface area (Å²) in [5, 5.41) is 9.60. The highest BCUT2D eigenvalue weighted by atomic mass is 35.5. The lowest BCUT2D eigenvalue weighted by Crippen LogP contribution is -2.00. The van der Waals surface area contributed by atoms with Gasteiger partial charge in [-0.2, -0.15) is 0 Å². The van der Waals surface area contributed by atoms with Crippen molar-refractivity contribution >= 4 is 43.4 Å². The maximum atomic E-state index is 5.70. The molecular formula is C11H10ClN3S. The van der Waals surface area contributed by atoms with Crippen molar-refractivity contribution in [2.24, 2.45) is 0 Å². The minimum Gasteiger partial charge on any atom is -0.243 e. The first kappa shape index (κ1) is 10.1. The fourth-order valence-corrected chi connectivity index (χ4v) is 2.98. The maximum absolute atomic E-state index is 5.70. The van der Waals surface area contributed by atoms with Crippen molar-refractivity contribution in [3.63, 3.8) is 0 Å². The van der Waals surface area contributed by atoms with Crippen molar-refractivity contribution < 1.29 is 0 Å². The summed E-state index contributed by atoms with van der Waals surface area (Å²) in [5.41, 5.74) is 1.14. The maximum Gasteiger partial charge on any atom is 0.167 e. The molecule has 2 heterocycles. The van der Waals surface area contributed by atoms with Gasteiger partial charge in [-0.1, -0.05) is 23.4 Å². The second-order valence-electron chi connectivity index (χ2n) is 3.61. The summed E-state index contributed by atoms with van der Waals surface area (Å²) in [5.74, 6) is 0.656. The van der Waals surface area contributed by atoms with E-state index in [1.807, 2.05) is 16.8 Å². The van der Waals surface area contributed by atoms with Gasteiger partial charge in [0.25, 0.3) is 0 Å². The van der Waals surface area contributed by atoms with Gasteiger partial charge in [0, 0.05) is 22.5 Å². The second-order valence-corrected chi connectivity index (χ2v) is 5.02. The first-order chi connectivity index (χ1) is 7.90. The fourth-order valence-electron chi connectivity index (χ4n) is 1.84. The van der Waals surface area contributed by atoms with Gasteiger partial charge in [0.2, 0.25) is 0 Å². The first-order valence-electron chi connectivity index (χ1n) is 5.17. The Morgan fingerprint density at radius 3 is 3.06 bits per heavy atom. The molecule has 16 heavy (non-hydrogen) atoms. The molecule has 0 aliphatic heterocycles. The molecule has 3 rings (SSSR count). The molecule has 0 aliphatic carbocycles. The summed E-state index contributed by atoms with van der Waals surface area (Å²) in [4.78, 5) is 1.01. The van der Waals surface area contributed by atoms with E-state index in [0.29, 0.717) is 5.88 Å². The minimum absolute atomic E-state index is 0.656. The Balaban J connectivity index is 2.22. The van der Waals surface area contributed by atoms with Crippen LogP contribution in [0.3, 0.4) is 0 Å².